The predicted molar refractivity (Wildman–Crippen MR) is 362 cm³/mol. The monoisotopic (exact) mass is 1150 g/mol. The van der Waals surface area contributed by atoms with E-state index in [1.54, 1.807) is 0 Å². The Bertz CT molecular complexity index is 1660. The highest BCUT2D eigenvalue weighted by Gasteiger charge is 2.19. The van der Waals surface area contributed by atoms with Gasteiger partial charge in [0.2, 0.25) is 0 Å². The van der Waals surface area contributed by atoms with Gasteiger partial charge in [0.1, 0.15) is 13.2 Å². The fourth-order valence-electron chi connectivity index (χ4n) is 9.99. The Labute approximate surface area is 514 Å². The summed E-state index contributed by atoms with van der Waals surface area (Å²) in [6.07, 6.45) is 96.7. The zero-order valence-electron chi connectivity index (χ0n) is 54.7. The molecule has 1 atom stereocenters. The van der Waals surface area contributed by atoms with Gasteiger partial charge < -0.3 is 14.2 Å². The number of allylic oxidation sites excluding steroid dienone is 18. The molecule has 0 radical (unpaired) electrons. The second-order valence-electron chi connectivity index (χ2n) is 23.4. The van der Waals surface area contributed by atoms with Crippen LogP contribution in [0.2, 0.25) is 0 Å². The van der Waals surface area contributed by atoms with Crippen LogP contribution >= 0.6 is 0 Å². The first-order valence-corrected chi connectivity index (χ1v) is 35.4. The lowest BCUT2D eigenvalue weighted by molar-refractivity contribution is -0.167. The summed E-state index contributed by atoms with van der Waals surface area (Å²) in [5.41, 5.74) is 0. The molecule has 0 bridgehead atoms. The van der Waals surface area contributed by atoms with Crippen molar-refractivity contribution < 1.29 is 28.6 Å². The van der Waals surface area contributed by atoms with E-state index in [0.717, 1.165) is 116 Å². The molecule has 0 aromatic heterocycles. The van der Waals surface area contributed by atoms with E-state index in [9.17, 15) is 14.4 Å². The molecule has 0 aromatic rings. The summed E-state index contributed by atoms with van der Waals surface area (Å²) < 4.78 is 17.0. The Balaban J connectivity index is 4.45. The topological polar surface area (TPSA) is 78.9 Å². The van der Waals surface area contributed by atoms with Gasteiger partial charge in [0.25, 0.3) is 0 Å². The fraction of sp³-hybridized carbons (Fsp3) is 0.727. The SMILES string of the molecule is CC/C=C\C/C=C\C/C=C\C/C=C\C/C=C\C/C=C\C/C=C\CCCCCC(=O)OCC(COC(=O)CCCCCCCCCCCCCCCCCCCCC)OC(=O)CCCCCCCCCCC/C=C\C/C=C\CCCCCCC. The molecule has 0 aliphatic carbocycles. The van der Waals surface area contributed by atoms with Crippen LogP contribution in [0.5, 0.6) is 0 Å². The number of unbranched alkanes of at least 4 members (excludes halogenated alkanes) is 35. The molecule has 476 valence electrons. The molecule has 6 heteroatoms. The average Bonchev–Trinajstić information content (AvgIpc) is 3.50. The van der Waals surface area contributed by atoms with Crippen LogP contribution in [0.15, 0.2) is 109 Å². The highest BCUT2D eigenvalue weighted by Crippen LogP contribution is 2.17. The van der Waals surface area contributed by atoms with Gasteiger partial charge in [-0.15, -0.1) is 0 Å². The molecule has 0 N–H and O–H groups in total. The first-order valence-electron chi connectivity index (χ1n) is 35.4. The van der Waals surface area contributed by atoms with E-state index in [2.05, 4.69) is 130 Å². The van der Waals surface area contributed by atoms with Crippen molar-refractivity contribution in [1.29, 1.82) is 0 Å². The van der Waals surface area contributed by atoms with Crippen LogP contribution in [0.3, 0.4) is 0 Å². The summed E-state index contributed by atoms with van der Waals surface area (Å²) in [4.78, 5) is 38.5. The van der Waals surface area contributed by atoms with Gasteiger partial charge in [0.05, 0.1) is 0 Å². The molecule has 0 aliphatic rings. The molecule has 0 aliphatic heterocycles. The van der Waals surface area contributed by atoms with E-state index >= 15 is 0 Å². The molecule has 1 unspecified atom stereocenters. The van der Waals surface area contributed by atoms with Crippen LogP contribution < -0.4 is 0 Å². The molecule has 0 amide bonds. The van der Waals surface area contributed by atoms with Gasteiger partial charge in [-0.05, 0) is 109 Å². The van der Waals surface area contributed by atoms with Crippen molar-refractivity contribution in [2.24, 2.45) is 0 Å². The second-order valence-corrected chi connectivity index (χ2v) is 23.4. The number of carbonyl (C=O) groups excluding carboxylic acids is 3. The summed E-state index contributed by atoms with van der Waals surface area (Å²) in [5.74, 6) is -0.911. The third-order valence-corrected chi connectivity index (χ3v) is 15.3. The van der Waals surface area contributed by atoms with E-state index in [-0.39, 0.29) is 31.1 Å². The van der Waals surface area contributed by atoms with Crippen molar-refractivity contribution in [2.45, 2.75) is 348 Å². The fourth-order valence-corrected chi connectivity index (χ4v) is 9.99. The molecule has 6 nitrogen and oxygen atoms in total. The number of rotatable bonds is 64. The zero-order chi connectivity index (χ0) is 59.9. The average molecular weight is 1150 g/mol. The smallest absolute Gasteiger partial charge is 0.306 e. The Morgan fingerprint density at radius 3 is 0.747 bits per heavy atom. The lowest BCUT2D eigenvalue weighted by atomic mass is 10.0. The van der Waals surface area contributed by atoms with Crippen LogP contribution in [-0.4, -0.2) is 37.2 Å². The highest BCUT2D eigenvalue weighted by atomic mass is 16.6. The molecule has 0 aromatic carbocycles. The van der Waals surface area contributed by atoms with Crippen molar-refractivity contribution in [1.82, 2.24) is 0 Å². The van der Waals surface area contributed by atoms with Gasteiger partial charge in [-0.3, -0.25) is 14.4 Å². The van der Waals surface area contributed by atoms with Crippen molar-refractivity contribution in [3.05, 3.63) is 109 Å². The van der Waals surface area contributed by atoms with Crippen LogP contribution in [0.25, 0.3) is 0 Å². The maximum atomic E-state index is 13.0. The Kier molecular flexibility index (Phi) is 67.2. The van der Waals surface area contributed by atoms with Crippen LogP contribution in [0, 0.1) is 0 Å². The summed E-state index contributed by atoms with van der Waals surface area (Å²) >= 11 is 0. The van der Waals surface area contributed by atoms with Crippen molar-refractivity contribution in [2.75, 3.05) is 13.2 Å². The molecule has 0 rings (SSSR count). The Morgan fingerprint density at radius 1 is 0.253 bits per heavy atom. The molecule has 83 heavy (non-hydrogen) atoms. The predicted octanol–water partition coefficient (Wildman–Crippen LogP) is 24.6. The molecule has 0 spiro atoms. The third kappa shape index (κ3) is 68.7. The maximum absolute atomic E-state index is 13.0. The summed E-state index contributed by atoms with van der Waals surface area (Å²) in [7, 11) is 0. The van der Waals surface area contributed by atoms with Gasteiger partial charge in [0, 0.05) is 19.3 Å². The van der Waals surface area contributed by atoms with E-state index in [1.165, 1.54) is 186 Å². The summed E-state index contributed by atoms with van der Waals surface area (Å²) in [6, 6.07) is 0. The molecule has 0 heterocycles. The van der Waals surface area contributed by atoms with E-state index in [0.29, 0.717) is 19.3 Å². The minimum Gasteiger partial charge on any atom is -0.462 e. The van der Waals surface area contributed by atoms with Gasteiger partial charge >= 0.3 is 17.9 Å². The first kappa shape index (κ1) is 79.1. The van der Waals surface area contributed by atoms with Crippen molar-refractivity contribution in [3.8, 4) is 0 Å². The molecular weight excluding hydrogens is 1020 g/mol. The van der Waals surface area contributed by atoms with E-state index in [4.69, 9.17) is 14.2 Å². The van der Waals surface area contributed by atoms with Crippen molar-refractivity contribution in [3.63, 3.8) is 0 Å². The van der Waals surface area contributed by atoms with E-state index in [1.807, 2.05) is 0 Å². The maximum Gasteiger partial charge on any atom is 0.306 e. The third-order valence-electron chi connectivity index (χ3n) is 15.3. The minimum absolute atomic E-state index is 0.0885. The number of ether oxygens (including phenoxy) is 3. The van der Waals surface area contributed by atoms with Crippen molar-refractivity contribution >= 4 is 17.9 Å². The number of esters is 3. The van der Waals surface area contributed by atoms with Gasteiger partial charge in [-0.1, -0.05) is 323 Å². The Morgan fingerprint density at radius 2 is 0.470 bits per heavy atom. The number of hydrogen-bond donors (Lipinski definition) is 0. The normalized spacial score (nSPS) is 12.8. The Hall–Kier alpha value is -3.93. The second kappa shape index (κ2) is 70.6. The van der Waals surface area contributed by atoms with Crippen LogP contribution in [-0.2, 0) is 28.6 Å². The molecular formula is C77H132O6. The summed E-state index contributed by atoms with van der Waals surface area (Å²) in [6.45, 7) is 6.53. The first-order chi connectivity index (χ1) is 41.0. The van der Waals surface area contributed by atoms with Crippen LogP contribution in [0.4, 0.5) is 0 Å². The number of carbonyl (C=O) groups is 3. The largest absolute Gasteiger partial charge is 0.462 e. The molecule has 0 saturated heterocycles. The summed E-state index contributed by atoms with van der Waals surface area (Å²) in [5, 5.41) is 0. The van der Waals surface area contributed by atoms with Gasteiger partial charge in [-0.25, -0.2) is 0 Å². The quantitative estimate of drug-likeness (QED) is 0.0261. The molecule has 0 fully saturated rings. The lowest BCUT2D eigenvalue weighted by Gasteiger charge is -2.18. The highest BCUT2D eigenvalue weighted by molar-refractivity contribution is 5.71. The lowest BCUT2D eigenvalue weighted by Crippen LogP contribution is -2.30. The minimum atomic E-state index is -0.797. The molecule has 0 saturated carbocycles. The standard InChI is InChI=1S/C77H132O6/c1-4-7-10-13-16-19-22-25-28-31-34-36-37-38-39-41-43-46-49-52-55-58-61-64-67-70-76(79)82-73-74(72-81-75(78)69-66-63-60-57-54-51-48-45-42-33-30-27-24-21-18-15-12-9-6-3)83-77(80)71-68-65-62-59-56-53-50-47-44-40-35-32-29-26-23-20-17-14-11-8-5-2/h7,10,16,19,23,25-26,28,32,34-36,38-39,43,46,52,55,74H,4-6,8-9,11-15,17-18,20-22,24,27,29-31,33,37,40-42,44-45,47-51,53-54,56-73H2,1-3H3/b10-7-,19-16-,26-23-,28-25-,35-32-,36-34-,39-38-,46-43-,55-52-. The van der Waals surface area contributed by atoms with E-state index < -0.39 is 6.10 Å². The zero-order valence-corrected chi connectivity index (χ0v) is 54.7. The number of hydrogen-bond acceptors (Lipinski definition) is 6. The van der Waals surface area contributed by atoms with Gasteiger partial charge in [-0.2, -0.15) is 0 Å². The van der Waals surface area contributed by atoms with Crippen LogP contribution in [0.1, 0.15) is 342 Å². The van der Waals surface area contributed by atoms with Gasteiger partial charge in [0.15, 0.2) is 6.10 Å².